The maximum Gasteiger partial charge on any atom is 0.268 e. The zero-order chi connectivity index (χ0) is 20.7. The number of allylic oxidation sites excluding steroid dienone is 2. The van der Waals surface area contributed by atoms with Crippen LogP contribution >= 0.6 is 7.82 Å². The molecule has 1 rings (SSSR count). The van der Waals surface area contributed by atoms with E-state index >= 15 is 0 Å². The highest BCUT2D eigenvalue weighted by Crippen LogP contribution is 2.38. The Balaban J connectivity index is 2.19. The lowest BCUT2D eigenvalue weighted by Gasteiger charge is -2.27. The highest BCUT2D eigenvalue weighted by Gasteiger charge is 2.13. The molecule has 0 spiro atoms. The van der Waals surface area contributed by atoms with Crippen molar-refractivity contribution in [1.82, 2.24) is 0 Å². The van der Waals surface area contributed by atoms with Gasteiger partial charge in [0.25, 0.3) is 7.82 Å². The van der Waals surface area contributed by atoms with Gasteiger partial charge in [-0.2, -0.15) is 0 Å². The van der Waals surface area contributed by atoms with Crippen molar-refractivity contribution in [2.75, 3.05) is 40.9 Å². The molecule has 5 nitrogen and oxygen atoms in total. The summed E-state index contributed by atoms with van der Waals surface area (Å²) in [6.07, 6.45) is 20.0. The molecule has 0 amide bonds. The van der Waals surface area contributed by atoms with E-state index in [9.17, 15) is 9.46 Å². The first-order valence-corrected chi connectivity index (χ1v) is 12.8. The van der Waals surface area contributed by atoms with Crippen LogP contribution in [0.25, 0.3) is 0 Å². The minimum absolute atomic E-state index is 0.163. The number of hydrogen-bond donors (Lipinski definition) is 0. The van der Waals surface area contributed by atoms with E-state index in [4.69, 9.17) is 9.05 Å². The Labute approximate surface area is 173 Å². The number of phosphoric ester groups is 1. The maximum absolute atomic E-state index is 11.7. The first-order valence-electron chi connectivity index (χ1n) is 11.4. The lowest BCUT2D eigenvalue weighted by atomic mass is 9.96. The SMILES string of the molecule is C[N+](C)(C)CCOP(=O)([O-])OCCCCC=C1CCCCCCCCCCC1. The summed E-state index contributed by atoms with van der Waals surface area (Å²) in [5.74, 6) is 0. The number of likely N-dealkylation sites (N-methyl/N-ethyl adjacent to an activating group) is 1. The summed E-state index contributed by atoms with van der Waals surface area (Å²) in [7, 11) is 1.83. The van der Waals surface area contributed by atoms with E-state index in [0.717, 1.165) is 19.3 Å². The second-order valence-electron chi connectivity index (χ2n) is 9.17. The Kier molecular flexibility index (Phi) is 13.6. The molecule has 1 saturated carbocycles. The lowest BCUT2D eigenvalue weighted by Crippen LogP contribution is -2.37. The van der Waals surface area contributed by atoms with E-state index in [2.05, 4.69) is 6.08 Å². The van der Waals surface area contributed by atoms with E-state index in [1.165, 1.54) is 70.6 Å². The molecule has 0 aromatic rings. The first kappa shape index (κ1) is 25.8. The third kappa shape index (κ3) is 15.7. The maximum atomic E-state index is 11.7. The topological polar surface area (TPSA) is 58.6 Å². The number of hydrogen-bond acceptors (Lipinski definition) is 4. The number of nitrogens with zero attached hydrogens (tertiary/aromatic N) is 1. The van der Waals surface area contributed by atoms with Crippen LogP contribution in [0.1, 0.15) is 89.9 Å². The lowest BCUT2D eigenvalue weighted by molar-refractivity contribution is -0.870. The monoisotopic (exact) mass is 417 g/mol. The van der Waals surface area contributed by atoms with Crippen LogP contribution in [-0.2, 0) is 13.6 Å². The van der Waals surface area contributed by atoms with Crippen molar-refractivity contribution in [3.63, 3.8) is 0 Å². The summed E-state index contributed by atoms with van der Waals surface area (Å²) in [4.78, 5) is 11.7. The fraction of sp³-hybridized carbons (Fsp3) is 0.909. The summed E-state index contributed by atoms with van der Waals surface area (Å²) in [5.41, 5.74) is 1.61. The summed E-state index contributed by atoms with van der Waals surface area (Å²) in [5, 5.41) is 0. The van der Waals surface area contributed by atoms with Crippen LogP contribution in [0.15, 0.2) is 11.6 Å². The van der Waals surface area contributed by atoms with Crippen molar-refractivity contribution in [2.24, 2.45) is 0 Å². The van der Waals surface area contributed by atoms with Crippen LogP contribution in [0.2, 0.25) is 0 Å². The number of unbranched alkanes of at least 4 members (excludes halogenated alkanes) is 2. The molecule has 0 aromatic heterocycles. The third-order valence-corrected chi connectivity index (χ3v) is 6.29. The summed E-state index contributed by atoms with van der Waals surface area (Å²) in [6.45, 7) is 1.01. The smallest absolute Gasteiger partial charge is 0.268 e. The number of rotatable bonds is 10. The Morgan fingerprint density at radius 3 is 1.89 bits per heavy atom. The quantitative estimate of drug-likeness (QED) is 0.201. The van der Waals surface area contributed by atoms with Crippen molar-refractivity contribution >= 4 is 7.82 Å². The first-order chi connectivity index (χ1) is 13.3. The molecule has 6 heteroatoms. The minimum Gasteiger partial charge on any atom is -0.756 e. The van der Waals surface area contributed by atoms with Gasteiger partial charge in [0, 0.05) is 0 Å². The van der Waals surface area contributed by atoms with Gasteiger partial charge in [-0.05, 0) is 44.9 Å². The predicted octanol–water partition coefficient (Wildman–Crippen LogP) is 5.60. The fourth-order valence-corrected chi connectivity index (χ4v) is 4.20. The van der Waals surface area contributed by atoms with Crippen LogP contribution in [-0.4, -0.2) is 45.4 Å². The molecule has 0 heterocycles. The molecule has 0 aliphatic heterocycles. The Bertz CT molecular complexity index is 460. The van der Waals surface area contributed by atoms with Gasteiger partial charge < -0.3 is 18.4 Å². The van der Waals surface area contributed by atoms with E-state index in [0.29, 0.717) is 11.0 Å². The summed E-state index contributed by atoms with van der Waals surface area (Å²) < 4.78 is 22.3. The fourth-order valence-electron chi connectivity index (χ4n) is 3.46. The molecule has 0 radical (unpaired) electrons. The molecule has 1 fully saturated rings. The highest BCUT2D eigenvalue weighted by molar-refractivity contribution is 7.45. The number of phosphoric acid groups is 1. The van der Waals surface area contributed by atoms with Gasteiger partial charge in [0.15, 0.2) is 0 Å². The van der Waals surface area contributed by atoms with Gasteiger partial charge in [-0.25, -0.2) is 0 Å². The average Bonchev–Trinajstić information content (AvgIpc) is 2.58. The Hall–Kier alpha value is -0.190. The van der Waals surface area contributed by atoms with E-state index in [1.54, 1.807) is 5.57 Å². The van der Waals surface area contributed by atoms with Crippen molar-refractivity contribution in [3.8, 4) is 0 Å². The van der Waals surface area contributed by atoms with Crippen molar-refractivity contribution in [1.29, 1.82) is 0 Å². The molecule has 28 heavy (non-hydrogen) atoms. The minimum atomic E-state index is -4.16. The van der Waals surface area contributed by atoms with E-state index in [1.807, 2.05) is 21.1 Å². The second-order valence-corrected chi connectivity index (χ2v) is 10.6. The van der Waals surface area contributed by atoms with Crippen LogP contribution in [0.4, 0.5) is 0 Å². The standard InChI is InChI=1S/C22H44NO4P/c1-23(2,3)19-21-27-28(24,25)26-20-15-11-14-18-22-16-12-9-7-5-4-6-8-10-13-17-22/h18H,4-17,19-21H2,1-3H3. The van der Waals surface area contributed by atoms with Gasteiger partial charge in [-0.3, -0.25) is 4.57 Å². The zero-order valence-electron chi connectivity index (χ0n) is 18.6. The van der Waals surface area contributed by atoms with Crippen LogP contribution in [0.3, 0.4) is 0 Å². The average molecular weight is 418 g/mol. The van der Waals surface area contributed by atoms with Gasteiger partial charge >= 0.3 is 0 Å². The second kappa shape index (κ2) is 14.7. The van der Waals surface area contributed by atoms with Crippen LogP contribution < -0.4 is 4.89 Å². The third-order valence-electron chi connectivity index (χ3n) is 5.29. The predicted molar refractivity (Wildman–Crippen MR) is 115 cm³/mol. The van der Waals surface area contributed by atoms with E-state index in [-0.39, 0.29) is 13.2 Å². The van der Waals surface area contributed by atoms with E-state index < -0.39 is 7.82 Å². The molecule has 1 unspecified atom stereocenters. The van der Waals surface area contributed by atoms with Crippen molar-refractivity contribution in [3.05, 3.63) is 11.6 Å². The highest BCUT2D eigenvalue weighted by atomic mass is 31.2. The molecule has 0 saturated heterocycles. The molecule has 0 aromatic carbocycles. The molecule has 1 aliphatic rings. The largest absolute Gasteiger partial charge is 0.756 e. The molecular weight excluding hydrogens is 373 g/mol. The van der Waals surface area contributed by atoms with Gasteiger partial charge in [0.05, 0.1) is 27.7 Å². The van der Waals surface area contributed by atoms with Gasteiger partial charge in [-0.15, -0.1) is 0 Å². The van der Waals surface area contributed by atoms with Crippen molar-refractivity contribution in [2.45, 2.75) is 89.9 Å². The molecule has 1 atom stereocenters. The van der Waals surface area contributed by atoms with Crippen LogP contribution in [0.5, 0.6) is 0 Å². The van der Waals surface area contributed by atoms with Gasteiger partial charge in [-0.1, -0.05) is 56.6 Å². The van der Waals surface area contributed by atoms with Gasteiger partial charge in [0.1, 0.15) is 13.2 Å². The van der Waals surface area contributed by atoms with Crippen molar-refractivity contribution < 1.29 is 23.0 Å². The van der Waals surface area contributed by atoms with Gasteiger partial charge in [0.2, 0.25) is 0 Å². The normalized spacial score (nSPS) is 20.1. The molecule has 0 N–H and O–H groups in total. The molecule has 0 bridgehead atoms. The summed E-state index contributed by atoms with van der Waals surface area (Å²) >= 11 is 0. The molecule has 166 valence electrons. The molecule has 1 aliphatic carbocycles. The summed E-state index contributed by atoms with van der Waals surface area (Å²) in [6, 6.07) is 0. The number of quaternary nitrogens is 1. The van der Waals surface area contributed by atoms with Crippen LogP contribution in [0, 0.1) is 0 Å². The Morgan fingerprint density at radius 1 is 0.857 bits per heavy atom. The Morgan fingerprint density at radius 2 is 1.36 bits per heavy atom. The zero-order valence-corrected chi connectivity index (χ0v) is 19.5. The molecular formula is C22H44NO4P.